The number of carboxylic acids is 1. The summed E-state index contributed by atoms with van der Waals surface area (Å²) in [5.74, 6) is -2.71. The number of ketones is 1. The van der Waals surface area contributed by atoms with E-state index in [2.05, 4.69) is 10.6 Å². The molecule has 0 radical (unpaired) electrons. The van der Waals surface area contributed by atoms with Gasteiger partial charge in [-0.15, -0.1) is 0 Å². The highest BCUT2D eigenvalue weighted by molar-refractivity contribution is 5.92. The van der Waals surface area contributed by atoms with Gasteiger partial charge in [-0.1, -0.05) is 0 Å². The van der Waals surface area contributed by atoms with Gasteiger partial charge in [-0.05, 0) is 6.92 Å². The van der Waals surface area contributed by atoms with Crippen LogP contribution in [0.3, 0.4) is 0 Å². The van der Waals surface area contributed by atoms with Crippen LogP contribution < -0.4 is 16.4 Å². The lowest BCUT2D eigenvalue weighted by atomic mass is 10.1. The molecule has 8 nitrogen and oxygen atoms in total. The molecular formula is C10H17N3O5. The average molecular weight is 259 g/mol. The number of hydrogen-bond acceptors (Lipinski definition) is 5. The Hall–Kier alpha value is -1.96. The first-order chi connectivity index (χ1) is 8.23. The minimum atomic E-state index is -1.20. The maximum atomic E-state index is 11.5. The Morgan fingerprint density at radius 3 is 2.17 bits per heavy atom. The Kier molecular flexibility index (Phi) is 6.58. The van der Waals surface area contributed by atoms with Crippen molar-refractivity contribution in [2.75, 3.05) is 6.54 Å². The molecule has 0 aliphatic rings. The second-order valence-corrected chi connectivity index (χ2v) is 3.81. The normalized spacial score (nSPS) is 13.3. The fourth-order valence-corrected chi connectivity index (χ4v) is 1.10. The molecule has 0 aliphatic heterocycles. The fourth-order valence-electron chi connectivity index (χ4n) is 1.10. The Labute approximate surface area is 104 Å². The molecule has 0 unspecified atom stereocenters. The topological polar surface area (TPSA) is 139 Å². The summed E-state index contributed by atoms with van der Waals surface area (Å²) in [5, 5.41) is 13.1. The van der Waals surface area contributed by atoms with E-state index in [1.165, 1.54) is 13.8 Å². The lowest BCUT2D eigenvalue weighted by Crippen LogP contribution is -2.52. The molecule has 0 aliphatic carbocycles. The number of aliphatic carboxylic acids is 1. The lowest BCUT2D eigenvalue weighted by molar-refractivity contribution is -0.140. The van der Waals surface area contributed by atoms with Crippen LogP contribution in [0, 0.1) is 0 Å². The van der Waals surface area contributed by atoms with Crippen LogP contribution in [0.2, 0.25) is 0 Å². The Bertz CT molecular complexity index is 355. The molecule has 18 heavy (non-hydrogen) atoms. The standard InChI is InChI=1S/C10H17N3O5/c1-5(14)8(3-9(16)17)13-10(18)7(11)4-12-6(2)15/h7-8H,3-4,11H2,1-2H3,(H,12,15)(H,13,18)(H,16,17)/t7-,8+/m1/s1. The molecule has 102 valence electrons. The molecular weight excluding hydrogens is 242 g/mol. The van der Waals surface area contributed by atoms with Crippen LogP contribution in [0.1, 0.15) is 20.3 Å². The molecule has 0 saturated carbocycles. The predicted molar refractivity (Wildman–Crippen MR) is 61.5 cm³/mol. The number of carbonyl (C=O) groups excluding carboxylic acids is 3. The van der Waals surface area contributed by atoms with E-state index in [0.717, 1.165) is 0 Å². The van der Waals surface area contributed by atoms with Gasteiger partial charge in [0.2, 0.25) is 11.8 Å². The fraction of sp³-hybridized carbons (Fsp3) is 0.600. The highest BCUT2D eigenvalue weighted by Crippen LogP contribution is 1.95. The highest BCUT2D eigenvalue weighted by atomic mass is 16.4. The summed E-state index contributed by atoms with van der Waals surface area (Å²) in [6, 6.07) is -2.15. The third kappa shape index (κ3) is 6.59. The molecule has 2 amide bonds. The summed E-state index contributed by atoms with van der Waals surface area (Å²) in [5.41, 5.74) is 5.46. The van der Waals surface area contributed by atoms with Crippen LogP contribution in [0.5, 0.6) is 0 Å². The summed E-state index contributed by atoms with van der Waals surface area (Å²) in [6.07, 6.45) is -0.506. The highest BCUT2D eigenvalue weighted by Gasteiger charge is 2.23. The molecule has 2 atom stereocenters. The van der Waals surface area contributed by atoms with E-state index in [0.29, 0.717) is 0 Å². The van der Waals surface area contributed by atoms with Gasteiger partial charge in [0.1, 0.15) is 6.04 Å². The Morgan fingerprint density at radius 1 is 1.22 bits per heavy atom. The van der Waals surface area contributed by atoms with Crippen molar-refractivity contribution in [3.05, 3.63) is 0 Å². The van der Waals surface area contributed by atoms with Gasteiger partial charge in [0.15, 0.2) is 5.78 Å². The molecule has 0 bridgehead atoms. The van der Waals surface area contributed by atoms with Crippen LogP contribution in [0.15, 0.2) is 0 Å². The number of carboxylic acid groups (broad SMARTS) is 1. The molecule has 8 heteroatoms. The predicted octanol–water partition coefficient (Wildman–Crippen LogP) is -2.00. The largest absolute Gasteiger partial charge is 0.481 e. The molecule has 0 heterocycles. The number of Topliss-reactive ketones (excluding diaryl/α,β-unsaturated/α-hetero) is 1. The molecule has 0 aromatic heterocycles. The zero-order chi connectivity index (χ0) is 14.3. The zero-order valence-corrected chi connectivity index (χ0v) is 10.2. The van der Waals surface area contributed by atoms with Gasteiger partial charge in [-0.25, -0.2) is 0 Å². The summed E-state index contributed by atoms with van der Waals surface area (Å²) in [4.78, 5) is 43.7. The van der Waals surface area contributed by atoms with Crippen molar-refractivity contribution in [2.24, 2.45) is 5.73 Å². The maximum absolute atomic E-state index is 11.5. The summed E-state index contributed by atoms with van der Waals surface area (Å²) in [7, 11) is 0. The van der Waals surface area contributed by atoms with E-state index >= 15 is 0 Å². The van der Waals surface area contributed by atoms with Crippen molar-refractivity contribution in [3.63, 3.8) is 0 Å². The van der Waals surface area contributed by atoms with Crippen LogP contribution in [0.25, 0.3) is 0 Å². The molecule has 0 rings (SSSR count). The van der Waals surface area contributed by atoms with E-state index < -0.39 is 36.2 Å². The number of hydrogen-bond donors (Lipinski definition) is 4. The molecule has 0 spiro atoms. The summed E-state index contributed by atoms with van der Waals surface area (Å²) < 4.78 is 0. The zero-order valence-electron chi connectivity index (χ0n) is 10.2. The molecule has 0 aromatic rings. The number of nitrogens with one attached hydrogen (secondary N) is 2. The van der Waals surface area contributed by atoms with E-state index in [4.69, 9.17) is 10.8 Å². The van der Waals surface area contributed by atoms with Crippen molar-refractivity contribution < 1.29 is 24.3 Å². The Balaban J connectivity index is 4.36. The number of carbonyl (C=O) groups is 4. The SMILES string of the molecule is CC(=O)NC[C@@H](N)C(=O)N[C@@H](CC(=O)O)C(C)=O. The van der Waals surface area contributed by atoms with Gasteiger partial charge >= 0.3 is 5.97 Å². The van der Waals surface area contributed by atoms with Gasteiger partial charge in [0.25, 0.3) is 0 Å². The lowest BCUT2D eigenvalue weighted by Gasteiger charge is -2.17. The van der Waals surface area contributed by atoms with Gasteiger partial charge < -0.3 is 21.5 Å². The average Bonchev–Trinajstić information content (AvgIpc) is 2.23. The van der Waals surface area contributed by atoms with Crippen LogP contribution in [-0.2, 0) is 19.2 Å². The van der Waals surface area contributed by atoms with Gasteiger partial charge in [0.05, 0.1) is 12.5 Å². The van der Waals surface area contributed by atoms with Crippen molar-refractivity contribution in [1.29, 1.82) is 0 Å². The minimum absolute atomic E-state index is 0.0845. The van der Waals surface area contributed by atoms with Crippen molar-refractivity contribution in [3.8, 4) is 0 Å². The molecule has 0 aromatic carbocycles. The maximum Gasteiger partial charge on any atom is 0.305 e. The number of rotatable bonds is 7. The van der Waals surface area contributed by atoms with Gasteiger partial charge in [-0.2, -0.15) is 0 Å². The molecule has 0 saturated heterocycles. The monoisotopic (exact) mass is 259 g/mol. The third-order valence-corrected chi connectivity index (χ3v) is 2.09. The van der Waals surface area contributed by atoms with E-state index in [1.807, 2.05) is 0 Å². The molecule has 5 N–H and O–H groups in total. The van der Waals surface area contributed by atoms with Crippen LogP contribution >= 0.6 is 0 Å². The van der Waals surface area contributed by atoms with E-state index in [9.17, 15) is 19.2 Å². The first kappa shape index (κ1) is 16.0. The summed E-state index contributed by atoms with van der Waals surface area (Å²) >= 11 is 0. The van der Waals surface area contributed by atoms with E-state index in [1.54, 1.807) is 0 Å². The van der Waals surface area contributed by atoms with Crippen molar-refractivity contribution in [2.45, 2.75) is 32.4 Å². The quantitative estimate of drug-likeness (QED) is 0.417. The van der Waals surface area contributed by atoms with Gasteiger partial charge in [0, 0.05) is 13.5 Å². The first-order valence-corrected chi connectivity index (χ1v) is 5.26. The smallest absolute Gasteiger partial charge is 0.305 e. The van der Waals surface area contributed by atoms with Crippen molar-refractivity contribution in [1.82, 2.24) is 10.6 Å². The second-order valence-electron chi connectivity index (χ2n) is 3.81. The number of nitrogens with two attached hydrogens (primary N) is 1. The Morgan fingerprint density at radius 2 is 1.78 bits per heavy atom. The number of amides is 2. The summed E-state index contributed by atoms with van der Waals surface area (Å²) in [6.45, 7) is 2.36. The second kappa shape index (κ2) is 7.38. The van der Waals surface area contributed by atoms with Gasteiger partial charge in [-0.3, -0.25) is 19.2 Å². The minimum Gasteiger partial charge on any atom is -0.481 e. The third-order valence-electron chi connectivity index (χ3n) is 2.09. The van der Waals surface area contributed by atoms with Crippen molar-refractivity contribution >= 4 is 23.6 Å². The van der Waals surface area contributed by atoms with Crippen LogP contribution in [-0.4, -0.2) is 47.3 Å². The van der Waals surface area contributed by atoms with Crippen LogP contribution in [0.4, 0.5) is 0 Å². The first-order valence-electron chi connectivity index (χ1n) is 5.26. The van der Waals surface area contributed by atoms with E-state index in [-0.39, 0.29) is 12.5 Å². The molecule has 0 fully saturated rings.